The summed E-state index contributed by atoms with van der Waals surface area (Å²) in [6.45, 7) is 7.06. The Balaban J connectivity index is 2.29. The zero-order chi connectivity index (χ0) is 9.90. The molecule has 0 bridgehead atoms. The van der Waals surface area contributed by atoms with Crippen molar-refractivity contribution >= 4 is 0 Å². The summed E-state index contributed by atoms with van der Waals surface area (Å²) >= 11 is 0. The van der Waals surface area contributed by atoms with Crippen molar-refractivity contribution in [3.63, 3.8) is 0 Å². The molecule has 0 aromatic rings. The highest BCUT2D eigenvalue weighted by Crippen LogP contribution is 2.34. The fourth-order valence-corrected chi connectivity index (χ4v) is 1.95. The molecule has 0 aliphatic heterocycles. The van der Waals surface area contributed by atoms with Crippen LogP contribution in [-0.2, 0) is 4.74 Å². The maximum absolute atomic E-state index is 10.0. The largest absolute Gasteiger partial charge is 0.388 e. The maximum Gasteiger partial charge on any atom is 0.0823 e. The molecule has 0 spiro atoms. The first-order valence-electron chi connectivity index (χ1n) is 5.11. The fourth-order valence-electron chi connectivity index (χ4n) is 1.95. The minimum absolute atomic E-state index is 0.278. The van der Waals surface area contributed by atoms with Crippen LogP contribution >= 0.6 is 0 Å². The fraction of sp³-hybridized carbons (Fsp3) is 1.00. The maximum atomic E-state index is 10.0. The van der Waals surface area contributed by atoms with Crippen molar-refractivity contribution in [3.05, 3.63) is 0 Å². The number of likely N-dealkylation sites (N-methyl/N-ethyl adjacent to an activating group) is 1. The summed E-state index contributed by atoms with van der Waals surface area (Å²) in [5.74, 6) is 0. The van der Waals surface area contributed by atoms with Crippen LogP contribution in [0.25, 0.3) is 0 Å². The van der Waals surface area contributed by atoms with Gasteiger partial charge in [-0.2, -0.15) is 0 Å². The van der Waals surface area contributed by atoms with Gasteiger partial charge in [0.05, 0.1) is 11.7 Å². The van der Waals surface area contributed by atoms with Crippen molar-refractivity contribution in [1.82, 2.24) is 4.90 Å². The summed E-state index contributed by atoms with van der Waals surface area (Å²) < 4.78 is 5.15. The zero-order valence-corrected chi connectivity index (χ0v) is 8.92. The second-order valence-electron chi connectivity index (χ2n) is 3.95. The summed E-state index contributed by atoms with van der Waals surface area (Å²) in [5, 5.41) is 10.0. The van der Waals surface area contributed by atoms with E-state index in [0.29, 0.717) is 0 Å². The molecular weight excluding hydrogens is 166 g/mol. The number of rotatable bonds is 5. The molecule has 1 rings (SSSR count). The Morgan fingerprint density at radius 2 is 1.92 bits per heavy atom. The van der Waals surface area contributed by atoms with Gasteiger partial charge >= 0.3 is 0 Å². The second kappa shape index (κ2) is 4.40. The average molecular weight is 187 g/mol. The Bertz CT molecular complexity index is 151. The second-order valence-corrected chi connectivity index (χ2v) is 3.95. The van der Waals surface area contributed by atoms with Crippen molar-refractivity contribution in [1.29, 1.82) is 0 Å². The van der Waals surface area contributed by atoms with E-state index >= 15 is 0 Å². The van der Waals surface area contributed by atoms with E-state index in [9.17, 15) is 5.11 Å². The summed E-state index contributed by atoms with van der Waals surface area (Å²) in [4.78, 5) is 2.26. The molecule has 78 valence electrons. The first-order chi connectivity index (χ1) is 6.13. The standard InChI is InChI=1S/C10H21NO2/c1-4-11(5-2)8-10(12)6-9(7-10)13-3/h9,12H,4-8H2,1-3H3. The van der Waals surface area contributed by atoms with Crippen LogP contribution in [0, 0.1) is 0 Å². The lowest BCUT2D eigenvalue weighted by Crippen LogP contribution is -2.55. The molecule has 1 saturated carbocycles. The SMILES string of the molecule is CCN(CC)CC1(O)CC(OC)C1. The zero-order valence-electron chi connectivity index (χ0n) is 8.92. The number of ether oxygens (including phenoxy) is 1. The molecule has 3 nitrogen and oxygen atoms in total. The third-order valence-electron chi connectivity index (χ3n) is 2.96. The van der Waals surface area contributed by atoms with Crippen LogP contribution in [0.1, 0.15) is 26.7 Å². The highest BCUT2D eigenvalue weighted by molar-refractivity contribution is 4.97. The van der Waals surface area contributed by atoms with Crippen LogP contribution in [0.5, 0.6) is 0 Å². The van der Waals surface area contributed by atoms with Gasteiger partial charge in [0.2, 0.25) is 0 Å². The van der Waals surface area contributed by atoms with Gasteiger partial charge in [-0.1, -0.05) is 13.8 Å². The molecule has 3 heteroatoms. The van der Waals surface area contributed by atoms with E-state index in [4.69, 9.17) is 4.74 Å². The highest BCUT2D eigenvalue weighted by Gasteiger charge is 2.43. The quantitative estimate of drug-likeness (QED) is 0.693. The van der Waals surface area contributed by atoms with Crippen molar-refractivity contribution in [2.75, 3.05) is 26.7 Å². The van der Waals surface area contributed by atoms with Gasteiger partial charge in [-0.15, -0.1) is 0 Å². The van der Waals surface area contributed by atoms with E-state index in [1.807, 2.05) is 0 Å². The minimum atomic E-state index is -0.479. The third kappa shape index (κ3) is 2.66. The van der Waals surface area contributed by atoms with Crippen LogP contribution in [0.3, 0.4) is 0 Å². The smallest absolute Gasteiger partial charge is 0.0823 e. The first-order valence-corrected chi connectivity index (χ1v) is 5.11. The normalized spacial score (nSPS) is 33.5. The van der Waals surface area contributed by atoms with Crippen molar-refractivity contribution < 1.29 is 9.84 Å². The van der Waals surface area contributed by atoms with Crippen LogP contribution in [-0.4, -0.2) is 48.5 Å². The third-order valence-corrected chi connectivity index (χ3v) is 2.96. The molecule has 1 fully saturated rings. The molecule has 0 aromatic heterocycles. The Morgan fingerprint density at radius 1 is 1.38 bits per heavy atom. The van der Waals surface area contributed by atoms with Gasteiger partial charge in [-0.25, -0.2) is 0 Å². The van der Waals surface area contributed by atoms with Gasteiger partial charge in [0.15, 0.2) is 0 Å². The van der Waals surface area contributed by atoms with E-state index in [-0.39, 0.29) is 6.10 Å². The molecule has 1 aliphatic carbocycles. The monoisotopic (exact) mass is 187 g/mol. The predicted octanol–water partition coefficient (Wildman–Crippen LogP) is 0.868. The van der Waals surface area contributed by atoms with Crippen molar-refractivity contribution in [2.24, 2.45) is 0 Å². The molecule has 0 saturated heterocycles. The van der Waals surface area contributed by atoms with E-state index in [1.165, 1.54) is 0 Å². The van der Waals surface area contributed by atoms with Gasteiger partial charge in [0.25, 0.3) is 0 Å². The molecule has 0 aromatic carbocycles. The number of hydrogen-bond acceptors (Lipinski definition) is 3. The molecular formula is C10H21NO2. The summed E-state index contributed by atoms with van der Waals surface area (Å²) in [7, 11) is 1.71. The molecule has 0 radical (unpaired) electrons. The first kappa shape index (κ1) is 11.0. The van der Waals surface area contributed by atoms with Crippen LogP contribution in [0.2, 0.25) is 0 Å². The molecule has 1 aliphatic rings. The Hall–Kier alpha value is -0.120. The minimum Gasteiger partial charge on any atom is -0.388 e. The lowest BCUT2D eigenvalue weighted by molar-refractivity contribution is -0.138. The number of nitrogens with zero attached hydrogens (tertiary/aromatic N) is 1. The summed E-state index contributed by atoms with van der Waals surface area (Å²) in [6.07, 6.45) is 1.86. The van der Waals surface area contributed by atoms with Gasteiger partial charge in [0, 0.05) is 26.5 Å². The molecule has 0 heterocycles. The van der Waals surface area contributed by atoms with Crippen molar-refractivity contribution in [2.45, 2.75) is 38.4 Å². The predicted molar refractivity (Wildman–Crippen MR) is 52.8 cm³/mol. The van der Waals surface area contributed by atoms with Gasteiger partial charge in [-0.05, 0) is 13.1 Å². The number of hydrogen-bond donors (Lipinski definition) is 1. The number of methoxy groups -OCH3 is 1. The molecule has 13 heavy (non-hydrogen) atoms. The van der Waals surface area contributed by atoms with E-state index in [0.717, 1.165) is 32.5 Å². The van der Waals surface area contributed by atoms with Gasteiger partial charge in [-0.3, -0.25) is 0 Å². The Labute approximate surface area is 80.7 Å². The van der Waals surface area contributed by atoms with Gasteiger partial charge < -0.3 is 14.7 Å². The van der Waals surface area contributed by atoms with E-state index in [1.54, 1.807) is 7.11 Å². The molecule has 0 amide bonds. The molecule has 0 unspecified atom stereocenters. The van der Waals surface area contributed by atoms with Crippen LogP contribution in [0.15, 0.2) is 0 Å². The Morgan fingerprint density at radius 3 is 2.31 bits per heavy atom. The van der Waals surface area contributed by atoms with E-state index in [2.05, 4.69) is 18.7 Å². The molecule has 0 atom stereocenters. The Kier molecular flexibility index (Phi) is 3.71. The van der Waals surface area contributed by atoms with Crippen LogP contribution in [0.4, 0.5) is 0 Å². The molecule has 1 N–H and O–H groups in total. The van der Waals surface area contributed by atoms with Gasteiger partial charge in [0.1, 0.15) is 0 Å². The van der Waals surface area contributed by atoms with Crippen molar-refractivity contribution in [3.8, 4) is 0 Å². The summed E-state index contributed by atoms with van der Waals surface area (Å²) in [6, 6.07) is 0. The topological polar surface area (TPSA) is 32.7 Å². The van der Waals surface area contributed by atoms with Crippen LogP contribution < -0.4 is 0 Å². The summed E-state index contributed by atoms with van der Waals surface area (Å²) in [5.41, 5.74) is -0.479. The lowest BCUT2D eigenvalue weighted by Gasteiger charge is -2.45. The average Bonchev–Trinajstić information content (AvgIpc) is 2.09. The van der Waals surface area contributed by atoms with E-state index < -0.39 is 5.60 Å². The number of aliphatic hydroxyl groups is 1. The lowest BCUT2D eigenvalue weighted by atomic mass is 9.77. The highest BCUT2D eigenvalue weighted by atomic mass is 16.5.